The molecule has 0 saturated carbocycles. The number of fused-ring (bicyclic) bond motifs is 10. The van der Waals surface area contributed by atoms with Crippen molar-refractivity contribution in [3.05, 3.63) is 206 Å². The third kappa shape index (κ3) is 4.94. The van der Waals surface area contributed by atoms with Gasteiger partial charge in [-0.1, -0.05) is 103 Å². The van der Waals surface area contributed by atoms with E-state index in [0.717, 1.165) is 99.8 Å². The average molecular weight is 804 g/mol. The number of nitrogens with zero attached hydrogens (tertiary/aromatic N) is 3. The van der Waals surface area contributed by atoms with Gasteiger partial charge in [-0.25, -0.2) is 0 Å². The first-order valence-corrected chi connectivity index (χ1v) is 22.1. The van der Waals surface area contributed by atoms with Crippen LogP contribution in [0, 0.1) is 0 Å². The van der Waals surface area contributed by atoms with E-state index < -0.39 is 7.44 Å². The van der Waals surface area contributed by atoms with Gasteiger partial charge >= 0.3 is 7.44 Å². The molecule has 1 unspecified atom stereocenters. The van der Waals surface area contributed by atoms with E-state index in [4.69, 9.17) is 8.83 Å². The van der Waals surface area contributed by atoms with Gasteiger partial charge in [-0.05, 0) is 114 Å². The Labute approximate surface area is 350 Å². The Bertz CT molecular complexity index is 3770. The van der Waals surface area contributed by atoms with Crippen LogP contribution in [-0.2, 0) is 4.57 Å². The van der Waals surface area contributed by atoms with E-state index >= 15 is 4.57 Å². The Kier molecular flexibility index (Phi) is 7.19. The van der Waals surface area contributed by atoms with Gasteiger partial charge in [0.1, 0.15) is 22.3 Å². The van der Waals surface area contributed by atoms with Crippen LogP contribution in [-0.4, -0.2) is 4.57 Å². The fraction of sp³-hybridized carbons (Fsp3) is 0. The smallest absolute Gasteiger partial charge is 0.301 e. The molecule has 12 aromatic rings. The highest BCUT2D eigenvalue weighted by atomic mass is 31.2. The topological polar surface area (TPSA) is 54.8 Å². The lowest BCUT2D eigenvalue weighted by Crippen LogP contribution is -2.26. The summed E-state index contributed by atoms with van der Waals surface area (Å²) in [5.74, 6) is 0. The number of anilines is 4. The van der Waals surface area contributed by atoms with Gasteiger partial charge in [0.2, 0.25) is 0 Å². The van der Waals surface area contributed by atoms with Crippen molar-refractivity contribution in [2.45, 2.75) is 0 Å². The quantitative estimate of drug-likeness (QED) is 0.162. The molecule has 0 radical (unpaired) electrons. The van der Waals surface area contributed by atoms with Crippen molar-refractivity contribution in [2.75, 3.05) is 9.34 Å². The van der Waals surface area contributed by atoms with Gasteiger partial charge in [-0.15, -0.1) is 0 Å². The highest BCUT2D eigenvalue weighted by Crippen LogP contribution is 2.70. The summed E-state index contributed by atoms with van der Waals surface area (Å²) >= 11 is 0. The van der Waals surface area contributed by atoms with Crippen LogP contribution in [0.4, 0.5) is 22.7 Å². The Balaban J connectivity index is 1.07. The maximum Gasteiger partial charge on any atom is 0.301 e. The largest absolute Gasteiger partial charge is 0.456 e. The number of benzene rings is 9. The van der Waals surface area contributed by atoms with Gasteiger partial charge in [0.15, 0.2) is 0 Å². The second-order valence-electron chi connectivity index (χ2n) is 15.7. The minimum Gasteiger partial charge on any atom is -0.456 e. The molecule has 0 saturated heterocycles. The van der Waals surface area contributed by atoms with E-state index in [-0.39, 0.29) is 0 Å². The van der Waals surface area contributed by atoms with Crippen molar-refractivity contribution in [1.29, 1.82) is 0 Å². The minimum atomic E-state index is -3.72. The van der Waals surface area contributed by atoms with Gasteiger partial charge < -0.3 is 13.4 Å². The maximum atomic E-state index is 16.9. The summed E-state index contributed by atoms with van der Waals surface area (Å²) in [6.07, 6.45) is 0. The summed E-state index contributed by atoms with van der Waals surface area (Å²) < 4.78 is 36.0. The summed E-state index contributed by atoms with van der Waals surface area (Å²) in [5, 5.41) is 7.05. The first-order chi connectivity index (χ1) is 30.1. The van der Waals surface area contributed by atoms with Crippen molar-refractivity contribution in [3.63, 3.8) is 0 Å². The van der Waals surface area contributed by atoms with Crippen LogP contribution in [0.2, 0.25) is 0 Å². The fourth-order valence-electron chi connectivity index (χ4n) is 9.58. The van der Waals surface area contributed by atoms with Gasteiger partial charge in [0.05, 0.1) is 39.1 Å². The zero-order valence-electron chi connectivity index (χ0n) is 32.6. The van der Waals surface area contributed by atoms with Gasteiger partial charge in [-0.3, -0.25) is 13.9 Å². The van der Waals surface area contributed by atoms with Crippen LogP contribution in [0.1, 0.15) is 0 Å². The lowest BCUT2D eigenvalue weighted by atomic mass is 10.0. The first kappa shape index (κ1) is 34.1. The second kappa shape index (κ2) is 12.9. The number of aromatic nitrogens is 1. The molecule has 1 atom stereocenters. The highest BCUT2D eigenvalue weighted by Gasteiger charge is 2.49. The predicted molar refractivity (Wildman–Crippen MR) is 252 cm³/mol. The van der Waals surface area contributed by atoms with Crippen LogP contribution < -0.4 is 14.6 Å². The third-order valence-electron chi connectivity index (χ3n) is 12.3. The van der Waals surface area contributed by atoms with Gasteiger partial charge in [-0.2, -0.15) is 0 Å². The summed E-state index contributed by atoms with van der Waals surface area (Å²) in [4.78, 5) is 0. The summed E-state index contributed by atoms with van der Waals surface area (Å²) in [5.41, 5.74) is 12.0. The molecule has 0 N–H and O–H groups in total. The predicted octanol–water partition coefficient (Wildman–Crippen LogP) is 15.1. The van der Waals surface area contributed by atoms with Crippen molar-refractivity contribution in [3.8, 4) is 16.8 Å². The fourth-order valence-corrected chi connectivity index (χ4v) is 12.6. The molecule has 61 heavy (non-hydrogen) atoms. The molecule has 6 nitrogen and oxygen atoms in total. The zero-order valence-corrected chi connectivity index (χ0v) is 33.5. The zero-order chi connectivity index (χ0) is 40.2. The Morgan fingerprint density at radius 3 is 1.52 bits per heavy atom. The van der Waals surface area contributed by atoms with Crippen molar-refractivity contribution in [1.82, 2.24) is 4.57 Å². The Hall–Kier alpha value is -7.79. The monoisotopic (exact) mass is 803 g/mol. The molecule has 288 valence electrons. The number of hydrogen-bond donors (Lipinski definition) is 0. The first-order valence-electron chi connectivity index (χ1n) is 20.4. The number of rotatable bonds is 5. The summed E-state index contributed by atoms with van der Waals surface area (Å²) in [6.45, 7) is 0. The van der Waals surface area contributed by atoms with E-state index in [0.29, 0.717) is 0 Å². The molecule has 0 fully saturated rings. The molecule has 1 aliphatic heterocycles. The van der Waals surface area contributed by atoms with E-state index in [2.05, 4.69) is 129 Å². The maximum absolute atomic E-state index is 16.9. The van der Waals surface area contributed by atoms with Crippen molar-refractivity contribution in [2.24, 2.45) is 0 Å². The van der Waals surface area contributed by atoms with E-state index in [1.807, 2.05) is 91.0 Å². The van der Waals surface area contributed by atoms with Crippen LogP contribution in [0.5, 0.6) is 0 Å². The molecule has 9 aromatic carbocycles. The molecule has 4 heterocycles. The second-order valence-corrected chi connectivity index (χ2v) is 18.1. The summed E-state index contributed by atoms with van der Waals surface area (Å²) in [7, 11) is -3.72. The van der Waals surface area contributed by atoms with Crippen molar-refractivity contribution < 1.29 is 13.4 Å². The molecule has 3 aromatic heterocycles. The SMILES string of the molecule is O=P1(c2ccccc2)N(c2ccc3oc4ccccc4c3c2)c2ccc(-c3ccc4c(c3)c3ccccc3n4-c3ccccc3)cc2N1c1ccc2oc3ccccc3c2c1. The van der Waals surface area contributed by atoms with Crippen LogP contribution in [0.15, 0.2) is 215 Å². The Morgan fingerprint density at radius 2 is 0.852 bits per heavy atom. The molecule has 13 rings (SSSR count). The normalized spacial score (nSPS) is 15.3. The molecule has 0 amide bonds. The summed E-state index contributed by atoms with van der Waals surface area (Å²) in [6, 6.07) is 70.8. The highest BCUT2D eigenvalue weighted by molar-refractivity contribution is 7.76. The molecule has 0 aliphatic carbocycles. The Morgan fingerprint density at radius 1 is 0.344 bits per heavy atom. The van der Waals surface area contributed by atoms with Crippen LogP contribution in [0.25, 0.3) is 82.5 Å². The number of hydrogen-bond acceptors (Lipinski definition) is 3. The van der Waals surface area contributed by atoms with Crippen LogP contribution >= 0.6 is 7.44 Å². The molecule has 0 spiro atoms. The number of para-hydroxylation sites is 4. The number of furan rings is 2. The van der Waals surface area contributed by atoms with Crippen molar-refractivity contribution >= 4 is 101 Å². The minimum absolute atomic E-state index is 0.720. The van der Waals surface area contributed by atoms with E-state index in [9.17, 15) is 0 Å². The molecule has 0 bridgehead atoms. The van der Waals surface area contributed by atoms with Gasteiger partial charge in [0, 0.05) is 38.0 Å². The molecule has 7 heteroatoms. The lowest BCUT2D eigenvalue weighted by Gasteiger charge is -2.33. The molecular weight excluding hydrogens is 770 g/mol. The van der Waals surface area contributed by atoms with E-state index in [1.165, 1.54) is 10.8 Å². The van der Waals surface area contributed by atoms with Crippen LogP contribution in [0.3, 0.4) is 0 Å². The van der Waals surface area contributed by atoms with E-state index in [1.54, 1.807) is 0 Å². The molecular formula is C54H34N3O3P. The van der Waals surface area contributed by atoms with Gasteiger partial charge in [0.25, 0.3) is 0 Å². The lowest BCUT2D eigenvalue weighted by molar-refractivity contribution is 0.582. The molecule has 1 aliphatic rings. The standard InChI is InChI=1S/C54H34N3O3P/c58-61(40-15-5-2-6-16-40)56(38-25-29-53-45(33-38)42-18-8-11-21-51(42)59-53)49-28-24-36(32-50(49)57(61)39-26-30-54-46(34-39)43-19-9-12-22-52(43)60-54)35-23-27-48-44(31-35)41-17-7-10-20-47(41)55(48)37-13-3-1-4-14-37/h1-34H. The third-order valence-corrected chi connectivity index (χ3v) is 15.2. The average Bonchev–Trinajstić information content (AvgIpc) is 4.05.